The summed E-state index contributed by atoms with van der Waals surface area (Å²) in [6, 6.07) is 5.70. The molecule has 0 heterocycles. The third-order valence-electron chi connectivity index (χ3n) is 2.86. The largest absolute Gasteiger partial charge is 0.383 e. The number of halogens is 1. The summed E-state index contributed by atoms with van der Waals surface area (Å²) >= 11 is 5.98. The van der Waals surface area contributed by atoms with Crippen LogP contribution in [0.4, 0.5) is 0 Å². The van der Waals surface area contributed by atoms with Crippen LogP contribution in [-0.2, 0) is 4.74 Å². The smallest absolute Gasteiger partial charge is 0.251 e. The molecule has 1 unspecified atom stereocenters. The van der Waals surface area contributed by atoms with Crippen molar-refractivity contribution in [2.24, 2.45) is 0 Å². The van der Waals surface area contributed by atoms with Crippen LogP contribution in [0.1, 0.15) is 27.9 Å². The number of rotatable bonds is 6. The van der Waals surface area contributed by atoms with Gasteiger partial charge in [-0.3, -0.25) is 4.79 Å². The Bertz CT molecular complexity index is 407. The minimum atomic E-state index is -0.0601. The molecule has 0 aliphatic rings. The number of benzene rings is 1. The van der Waals surface area contributed by atoms with Gasteiger partial charge in [0.05, 0.1) is 12.0 Å². The van der Waals surface area contributed by atoms with Gasteiger partial charge in [-0.1, -0.05) is 6.07 Å². The number of alkyl halides is 1. The molecule has 3 nitrogen and oxygen atoms in total. The molecule has 1 aromatic carbocycles. The average Bonchev–Trinajstić information content (AvgIpc) is 2.33. The van der Waals surface area contributed by atoms with Gasteiger partial charge in [-0.05, 0) is 43.5 Å². The van der Waals surface area contributed by atoms with Crippen LogP contribution in [0.15, 0.2) is 18.2 Å². The van der Waals surface area contributed by atoms with E-state index in [9.17, 15) is 4.79 Å². The van der Waals surface area contributed by atoms with E-state index in [0.717, 1.165) is 5.56 Å². The van der Waals surface area contributed by atoms with E-state index in [2.05, 4.69) is 5.32 Å². The first-order valence-corrected chi connectivity index (χ1v) is 6.46. The predicted molar refractivity (Wildman–Crippen MR) is 74.4 cm³/mol. The van der Waals surface area contributed by atoms with Crippen LogP contribution >= 0.6 is 11.6 Å². The Balaban J connectivity index is 2.43. The van der Waals surface area contributed by atoms with Crippen LogP contribution < -0.4 is 5.32 Å². The van der Waals surface area contributed by atoms with Gasteiger partial charge in [0.25, 0.3) is 5.91 Å². The SMILES string of the molecule is COCC(Cl)CCNC(=O)c1ccc(C)c(C)c1. The Hall–Kier alpha value is -1.06. The zero-order valence-electron chi connectivity index (χ0n) is 11.1. The highest BCUT2D eigenvalue weighted by atomic mass is 35.5. The predicted octanol–water partition coefficient (Wildman–Crippen LogP) is 2.68. The Morgan fingerprint density at radius 1 is 1.39 bits per heavy atom. The van der Waals surface area contributed by atoms with Crippen molar-refractivity contribution in [1.82, 2.24) is 5.32 Å². The highest BCUT2D eigenvalue weighted by Crippen LogP contribution is 2.09. The Morgan fingerprint density at radius 2 is 2.11 bits per heavy atom. The lowest BCUT2D eigenvalue weighted by atomic mass is 10.1. The molecule has 1 amide bonds. The summed E-state index contributed by atoms with van der Waals surface area (Å²) in [5.74, 6) is -0.0561. The standard InChI is InChI=1S/C14H20ClNO2/c1-10-4-5-12(8-11(10)2)14(17)16-7-6-13(15)9-18-3/h4-5,8,13H,6-7,9H2,1-3H3,(H,16,17). The lowest BCUT2D eigenvalue weighted by molar-refractivity contribution is 0.0951. The number of aryl methyl sites for hydroxylation is 2. The fourth-order valence-electron chi connectivity index (χ4n) is 1.59. The van der Waals surface area contributed by atoms with Gasteiger partial charge in [0.2, 0.25) is 0 Å². The second-order valence-electron chi connectivity index (χ2n) is 4.40. The third-order valence-corrected chi connectivity index (χ3v) is 3.20. The molecule has 4 heteroatoms. The molecule has 1 N–H and O–H groups in total. The van der Waals surface area contributed by atoms with E-state index in [1.54, 1.807) is 7.11 Å². The van der Waals surface area contributed by atoms with E-state index in [0.29, 0.717) is 25.1 Å². The van der Waals surface area contributed by atoms with Gasteiger partial charge < -0.3 is 10.1 Å². The molecular formula is C14H20ClNO2. The van der Waals surface area contributed by atoms with E-state index in [1.165, 1.54) is 5.56 Å². The quantitative estimate of drug-likeness (QED) is 0.807. The highest BCUT2D eigenvalue weighted by Gasteiger charge is 2.08. The van der Waals surface area contributed by atoms with E-state index < -0.39 is 0 Å². The molecule has 0 bridgehead atoms. The summed E-state index contributed by atoms with van der Waals surface area (Å²) in [4.78, 5) is 11.9. The van der Waals surface area contributed by atoms with E-state index in [4.69, 9.17) is 16.3 Å². The van der Waals surface area contributed by atoms with Crippen molar-refractivity contribution in [1.29, 1.82) is 0 Å². The Labute approximate surface area is 113 Å². The van der Waals surface area contributed by atoms with E-state index in [-0.39, 0.29) is 11.3 Å². The number of ether oxygens (including phenoxy) is 1. The molecule has 1 aromatic rings. The van der Waals surface area contributed by atoms with Gasteiger partial charge in [0.1, 0.15) is 0 Å². The van der Waals surface area contributed by atoms with Gasteiger partial charge in [0.15, 0.2) is 0 Å². The first kappa shape index (κ1) is 15.0. The van der Waals surface area contributed by atoms with Crippen LogP contribution in [0.3, 0.4) is 0 Å². The number of methoxy groups -OCH3 is 1. The second kappa shape index (κ2) is 7.39. The fraction of sp³-hybridized carbons (Fsp3) is 0.500. The molecule has 0 aromatic heterocycles. The van der Waals surface area contributed by atoms with E-state index >= 15 is 0 Å². The maximum absolute atomic E-state index is 11.9. The first-order valence-electron chi connectivity index (χ1n) is 6.03. The monoisotopic (exact) mass is 269 g/mol. The molecule has 0 aliphatic carbocycles. The third kappa shape index (κ3) is 4.67. The molecule has 0 saturated heterocycles. The minimum Gasteiger partial charge on any atom is -0.383 e. The fourth-order valence-corrected chi connectivity index (χ4v) is 1.83. The Morgan fingerprint density at radius 3 is 2.72 bits per heavy atom. The number of amides is 1. The molecule has 100 valence electrons. The topological polar surface area (TPSA) is 38.3 Å². The van der Waals surface area contributed by atoms with Gasteiger partial charge in [-0.15, -0.1) is 11.6 Å². The van der Waals surface area contributed by atoms with Crippen LogP contribution in [-0.4, -0.2) is 31.5 Å². The summed E-state index contributed by atoms with van der Waals surface area (Å²) in [5, 5.41) is 2.80. The summed E-state index contributed by atoms with van der Waals surface area (Å²) in [5.41, 5.74) is 3.00. The van der Waals surface area contributed by atoms with Crippen molar-refractivity contribution in [2.75, 3.05) is 20.3 Å². The van der Waals surface area contributed by atoms with Crippen molar-refractivity contribution in [3.05, 3.63) is 34.9 Å². The summed E-state index contributed by atoms with van der Waals surface area (Å²) < 4.78 is 4.93. The van der Waals surface area contributed by atoms with Gasteiger partial charge in [-0.2, -0.15) is 0 Å². The van der Waals surface area contributed by atoms with Crippen molar-refractivity contribution in [2.45, 2.75) is 25.6 Å². The lowest BCUT2D eigenvalue weighted by Crippen LogP contribution is -2.27. The van der Waals surface area contributed by atoms with Crippen molar-refractivity contribution >= 4 is 17.5 Å². The molecule has 18 heavy (non-hydrogen) atoms. The van der Waals surface area contributed by atoms with Crippen molar-refractivity contribution in [3.8, 4) is 0 Å². The zero-order valence-corrected chi connectivity index (χ0v) is 11.9. The Kier molecular flexibility index (Phi) is 6.16. The number of carbonyl (C=O) groups is 1. The molecule has 0 radical (unpaired) electrons. The lowest BCUT2D eigenvalue weighted by Gasteiger charge is -2.10. The molecule has 0 saturated carbocycles. The zero-order chi connectivity index (χ0) is 13.5. The molecule has 1 atom stereocenters. The van der Waals surface area contributed by atoms with Crippen molar-refractivity contribution in [3.63, 3.8) is 0 Å². The second-order valence-corrected chi connectivity index (χ2v) is 5.01. The van der Waals surface area contributed by atoms with Gasteiger partial charge in [-0.25, -0.2) is 0 Å². The maximum Gasteiger partial charge on any atom is 0.251 e. The van der Waals surface area contributed by atoms with Crippen LogP contribution in [0.2, 0.25) is 0 Å². The number of carbonyl (C=O) groups excluding carboxylic acids is 1. The van der Waals surface area contributed by atoms with Gasteiger partial charge in [0, 0.05) is 19.2 Å². The molecule has 1 rings (SSSR count). The minimum absolute atomic E-state index is 0.0561. The van der Waals surface area contributed by atoms with Crippen LogP contribution in [0.5, 0.6) is 0 Å². The van der Waals surface area contributed by atoms with Crippen molar-refractivity contribution < 1.29 is 9.53 Å². The molecule has 0 spiro atoms. The summed E-state index contributed by atoms with van der Waals surface area (Å²) in [6.07, 6.45) is 0.700. The summed E-state index contributed by atoms with van der Waals surface area (Å²) in [6.45, 7) is 5.09. The number of hydrogen-bond donors (Lipinski definition) is 1. The van der Waals surface area contributed by atoms with Gasteiger partial charge >= 0.3 is 0 Å². The normalized spacial score (nSPS) is 12.2. The van der Waals surface area contributed by atoms with Crippen LogP contribution in [0, 0.1) is 13.8 Å². The molecular weight excluding hydrogens is 250 g/mol. The summed E-state index contributed by atoms with van der Waals surface area (Å²) in [7, 11) is 1.61. The van der Waals surface area contributed by atoms with Crippen LogP contribution in [0.25, 0.3) is 0 Å². The maximum atomic E-state index is 11.9. The molecule has 0 fully saturated rings. The van der Waals surface area contributed by atoms with E-state index in [1.807, 2.05) is 32.0 Å². The highest BCUT2D eigenvalue weighted by molar-refractivity contribution is 6.20. The average molecular weight is 270 g/mol. The molecule has 0 aliphatic heterocycles. The number of hydrogen-bond acceptors (Lipinski definition) is 2. The first-order chi connectivity index (χ1) is 8.54. The number of nitrogens with one attached hydrogen (secondary N) is 1.